The van der Waals surface area contributed by atoms with E-state index in [2.05, 4.69) is 5.32 Å². The molecule has 1 heterocycles. The van der Waals surface area contributed by atoms with Crippen LogP contribution in [-0.2, 0) is 19.6 Å². The largest absolute Gasteiger partial charge is 0.442 e. The van der Waals surface area contributed by atoms with E-state index >= 15 is 0 Å². The molecule has 0 unspecified atom stereocenters. The van der Waals surface area contributed by atoms with Crippen LogP contribution >= 0.6 is 0 Å². The molecule has 2 aromatic rings. The van der Waals surface area contributed by atoms with Gasteiger partial charge in [0.15, 0.2) is 0 Å². The summed E-state index contributed by atoms with van der Waals surface area (Å²) in [5.41, 5.74) is -0.705. The fourth-order valence-corrected chi connectivity index (χ4v) is 3.93. The highest BCUT2D eigenvalue weighted by molar-refractivity contribution is 7.92. The maximum absolute atomic E-state index is 14.6. The second-order valence-corrected chi connectivity index (χ2v) is 8.26. The molecule has 0 aromatic heterocycles. The zero-order valence-corrected chi connectivity index (χ0v) is 16.9. The molecule has 1 aliphatic rings. The molecule has 0 aliphatic carbocycles. The van der Waals surface area contributed by atoms with Crippen molar-refractivity contribution in [1.82, 2.24) is 5.32 Å². The first-order valence-corrected chi connectivity index (χ1v) is 10.3. The average Bonchev–Trinajstić information content (AvgIpc) is 3.08. The van der Waals surface area contributed by atoms with Crippen LogP contribution in [0.25, 0.3) is 0 Å². The van der Waals surface area contributed by atoms with Crippen LogP contribution in [-0.4, -0.2) is 44.5 Å². The molecule has 1 saturated heterocycles. The fourth-order valence-electron chi connectivity index (χ4n) is 2.82. The Morgan fingerprint density at radius 2 is 2.06 bits per heavy atom. The third kappa shape index (κ3) is 5.06. The van der Waals surface area contributed by atoms with E-state index in [1.807, 2.05) is 4.72 Å². The van der Waals surface area contributed by atoms with Crippen LogP contribution in [0.15, 0.2) is 47.4 Å². The smallest absolute Gasteiger partial charge is 0.414 e. The number of halogens is 1. The molecule has 2 N–H and O–H groups in total. The van der Waals surface area contributed by atoms with Crippen molar-refractivity contribution < 1.29 is 32.1 Å². The van der Waals surface area contributed by atoms with E-state index in [0.29, 0.717) is 0 Å². The number of non-ortho nitro benzene ring substituents is 1. The molecule has 164 valence electrons. The molecule has 11 nitrogen and oxygen atoms in total. The topological polar surface area (TPSA) is 148 Å². The Hall–Kier alpha value is -3.74. The van der Waals surface area contributed by atoms with E-state index in [1.54, 1.807) is 0 Å². The predicted molar refractivity (Wildman–Crippen MR) is 107 cm³/mol. The van der Waals surface area contributed by atoms with Gasteiger partial charge < -0.3 is 10.1 Å². The van der Waals surface area contributed by atoms with Crippen LogP contribution in [0.1, 0.15) is 6.92 Å². The summed E-state index contributed by atoms with van der Waals surface area (Å²) in [7, 11) is -4.30. The molecule has 2 aromatic carbocycles. The molecule has 2 amide bonds. The van der Waals surface area contributed by atoms with Gasteiger partial charge >= 0.3 is 6.09 Å². The van der Waals surface area contributed by atoms with Gasteiger partial charge in [0, 0.05) is 19.1 Å². The summed E-state index contributed by atoms with van der Waals surface area (Å²) >= 11 is 0. The van der Waals surface area contributed by atoms with Crippen LogP contribution in [0.4, 0.5) is 26.2 Å². The Kier molecular flexibility index (Phi) is 6.06. The lowest BCUT2D eigenvalue weighted by Crippen LogP contribution is -2.33. The summed E-state index contributed by atoms with van der Waals surface area (Å²) in [6.45, 7) is 1.48. The van der Waals surface area contributed by atoms with Crippen molar-refractivity contribution in [2.45, 2.75) is 17.9 Å². The van der Waals surface area contributed by atoms with E-state index in [4.69, 9.17) is 4.74 Å². The highest BCUT2D eigenvalue weighted by Gasteiger charge is 2.33. The Balaban J connectivity index is 1.77. The van der Waals surface area contributed by atoms with Crippen LogP contribution < -0.4 is 14.9 Å². The lowest BCUT2D eigenvalue weighted by atomic mass is 10.2. The minimum absolute atomic E-state index is 0.0668. The first kappa shape index (κ1) is 22.0. The normalized spacial score (nSPS) is 16.0. The van der Waals surface area contributed by atoms with E-state index < -0.39 is 49.2 Å². The number of nitro groups is 1. The summed E-state index contributed by atoms with van der Waals surface area (Å²) in [5, 5.41) is 13.4. The van der Waals surface area contributed by atoms with Crippen molar-refractivity contribution in [3.8, 4) is 0 Å². The maximum atomic E-state index is 14.6. The number of hydrogen-bond donors (Lipinski definition) is 2. The van der Waals surface area contributed by atoms with Gasteiger partial charge in [0.25, 0.3) is 15.7 Å². The molecule has 31 heavy (non-hydrogen) atoms. The lowest BCUT2D eigenvalue weighted by Gasteiger charge is -2.15. The molecule has 0 saturated carbocycles. The second-order valence-electron chi connectivity index (χ2n) is 6.58. The van der Waals surface area contributed by atoms with Crippen LogP contribution in [0.2, 0.25) is 0 Å². The van der Waals surface area contributed by atoms with Crippen molar-refractivity contribution in [3.63, 3.8) is 0 Å². The number of benzene rings is 2. The molecule has 1 aliphatic heterocycles. The third-order valence-corrected chi connectivity index (χ3v) is 5.66. The zero-order chi connectivity index (χ0) is 22.8. The molecule has 1 atom stereocenters. The summed E-state index contributed by atoms with van der Waals surface area (Å²) in [6.07, 6.45) is -1.36. The zero-order valence-electron chi connectivity index (χ0n) is 16.1. The van der Waals surface area contributed by atoms with Gasteiger partial charge in [0.2, 0.25) is 5.91 Å². The number of carbonyl (C=O) groups is 2. The molecule has 0 bridgehead atoms. The third-order valence-electron chi connectivity index (χ3n) is 4.30. The average molecular weight is 452 g/mol. The van der Waals surface area contributed by atoms with E-state index in [0.717, 1.165) is 35.2 Å². The van der Waals surface area contributed by atoms with Gasteiger partial charge in [-0.15, -0.1) is 0 Å². The first-order chi connectivity index (χ1) is 14.6. The highest BCUT2D eigenvalue weighted by Crippen LogP contribution is 2.28. The number of nitrogens with zero attached hydrogens (tertiary/aromatic N) is 2. The predicted octanol–water partition coefficient (Wildman–Crippen LogP) is 2.00. The van der Waals surface area contributed by atoms with E-state index in [1.165, 1.54) is 19.1 Å². The molecular weight excluding hydrogens is 435 g/mol. The standard InChI is InChI=1S/C18H17FN4O7S/c1-11(24)20-9-14-10-22(18(25)30-14)12-5-6-17(16(19)8-12)21-31(28,29)15-4-2-3-13(7-15)23(26)27/h2-8,14,21H,9-10H2,1H3,(H,20,24)/t14-/m0/s1. The van der Waals surface area contributed by atoms with Crippen molar-refractivity contribution >= 4 is 39.1 Å². The van der Waals surface area contributed by atoms with Crippen molar-refractivity contribution in [2.75, 3.05) is 22.7 Å². The number of nitro benzene ring substituents is 1. The molecule has 1 fully saturated rings. The fraction of sp³-hybridized carbons (Fsp3) is 0.222. The van der Waals surface area contributed by atoms with Crippen molar-refractivity contribution in [1.29, 1.82) is 0 Å². The van der Waals surface area contributed by atoms with Gasteiger partial charge in [-0.05, 0) is 24.3 Å². The number of anilines is 2. The van der Waals surface area contributed by atoms with Gasteiger partial charge in [-0.2, -0.15) is 0 Å². The Morgan fingerprint density at radius 3 is 2.71 bits per heavy atom. The monoisotopic (exact) mass is 452 g/mol. The molecule has 0 radical (unpaired) electrons. The Labute approximate surface area is 176 Å². The first-order valence-electron chi connectivity index (χ1n) is 8.86. The number of hydrogen-bond acceptors (Lipinski definition) is 7. The van der Waals surface area contributed by atoms with Crippen molar-refractivity contribution in [2.24, 2.45) is 0 Å². The summed E-state index contributed by atoms with van der Waals surface area (Å²) in [5.74, 6) is -1.26. The molecule has 0 spiro atoms. The summed E-state index contributed by atoms with van der Waals surface area (Å²) in [4.78, 5) is 33.8. The van der Waals surface area contributed by atoms with Crippen LogP contribution in [0, 0.1) is 15.9 Å². The quantitative estimate of drug-likeness (QED) is 0.482. The minimum Gasteiger partial charge on any atom is -0.442 e. The molecular formula is C18H17FN4O7S. The number of nitrogens with one attached hydrogen (secondary N) is 2. The lowest BCUT2D eigenvalue weighted by molar-refractivity contribution is -0.385. The Bertz CT molecular complexity index is 1160. The maximum Gasteiger partial charge on any atom is 0.414 e. The second kappa shape index (κ2) is 8.55. The number of amides is 2. The summed E-state index contributed by atoms with van der Waals surface area (Å²) < 4.78 is 46.6. The van der Waals surface area contributed by atoms with Crippen molar-refractivity contribution in [3.05, 3.63) is 58.4 Å². The Morgan fingerprint density at radius 1 is 1.32 bits per heavy atom. The summed E-state index contributed by atoms with van der Waals surface area (Å²) in [6, 6.07) is 7.70. The highest BCUT2D eigenvalue weighted by atomic mass is 32.2. The molecule has 13 heteroatoms. The molecule has 3 rings (SSSR count). The number of carbonyl (C=O) groups excluding carboxylic acids is 2. The van der Waals surface area contributed by atoms with Gasteiger partial charge in [0.05, 0.1) is 34.3 Å². The van der Waals surface area contributed by atoms with Crippen LogP contribution in [0.5, 0.6) is 0 Å². The van der Waals surface area contributed by atoms with Gasteiger partial charge in [-0.1, -0.05) is 6.07 Å². The van der Waals surface area contributed by atoms with Crippen LogP contribution in [0.3, 0.4) is 0 Å². The number of cyclic esters (lactones) is 1. The van der Waals surface area contributed by atoms with Gasteiger partial charge in [0.1, 0.15) is 11.9 Å². The van der Waals surface area contributed by atoms with Gasteiger partial charge in [-0.25, -0.2) is 17.6 Å². The SMILES string of the molecule is CC(=O)NC[C@H]1CN(c2ccc(NS(=O)(=O)c3cccc([N+](=O)[O-])c3)c(F)c2)C(=O)O1. The van der Waals surface area contributed by atoms with Gasteiger partial charge in [-0.3, -0.25) is 24.5 Å². The number of ether oxygens (including phenoxy) is 1. The number of sulfonamides is 1. The minimum atomic E-state index is -4.30. The number of rotatable bonds is 7. The van der Waals surface area contributed by atoms with E-state index in [-0.39, 0.29) is 24.7 Å². The van der Waals surface area contributed by atoms with E-state index in [9.17, 15) is 32.5 Å².